The van der Waals surface area contributed by atoms with Crippen LogP contribution in [0.3, 0.4) is 0 Å². The quantitative estimate of drug-likeness (QED) is 0.798. The van der Waals surface area contributed by atoms with Crippen molar-refractivity contribution in [2.45, 2.75) is 11.8 Å². The summed E-state index contributed by atoms with van der Waals surface area (Å²) in [4.78, 5) is 1.40. The minimum absolute atomic E-state index is 0.179. The van der Waals surface area contributed by atoms with Gasteiger partial charge in [0.05, 0.1) is 12.3 Å². The summed E-state index contributed by atoms with van der Waals surface area (Å²) in [6.07, 6.45) is 0. The maximum Gasteiger partial charge on any atom is 0.246 e. The molecule has 0 aliphatic carbocycles. The molecule has 1 saturated heterocycles. The van der Waals surface area contributed by atoms with Crippen LogP contribution in [0.1, 0.15) is 6.92 Å². The monoisotopic (exact) mass is 382 g/mol. The van der Waals surface area contributed by atoms with E-state index in [9.17, 15) is 17.2 Å². The fourth-order valence-electron chi connectivity index (χ4n) is 2.98. The zero-order chi connectivity index (χ0) is 18.7. The lowest BCUT2D eigenvalue weighted by atomic mass is 10.2. The van der Waals surface area contributed by atoms with E-state index in [1.807, 2.05) is 36.1 Å². The smallest absolute Gasteiger partial charge is 0.246 e. The molecule has 0 unspecified atom stereocenters. The van der Waals surface area contributed by atoms with E-state index < -0.39 is 26.6 Å². The predicted molar refractivity (Wildman–Crippen MR) is 94.9 cm³/mol. The lowest BCUT2D eigenvalue weighted by molar-refractivity contribution is 0.336. The molecule has 0 N–H and O–H groups in total. The average molecular weight is 382 g/mol. The lowest BCUT2D eigenvalue weighted by Crippen LogP contribution is -2.48. The Balaban J connectivity index is 1.77. The van der Waals surface area contributed by atoms with Crippen LogP contribution in [0.4, 0.5) is 14.5 Å². The van der Waals surface area contributed by atoms with Crippen molar-refractivity contribution in [1.82, 2.24) is 4.31 Å². The van der Waals surface area contributed by atoms with E-state index in [2.05, 4.69) is 0 Å². The number of anilines is 1. The van der Waals surface area contributed by atoms with Crippen molar-refractivity contribution in [3.8, 4) is 5.75 Å². The van der Waals surface area contributed by atoms with Gasteiger partial charge in [-0.05, 0) is 37.3 Å². The summed E-state index contributed by atoms with van der Waals surface area (Å²) >= 11 is 0. The van der Waals surface area contributed by atoms with Gasteiger partial charge in [0.15, 0.2) is 0 Å². The molecule has 140 valence electrons. The summed E-state index contributed by atoms with van der Waals surface area (Å²) in [6.45, 7) is 3.65. The van der Waals surface area contributed by atoms with Gasteiger partial charge in [-0.2, -0.15) is 4.31 Å². The van der Waals surface area contributed by atoms with Crippen LogP contribution in [-0.2, 0) is 10.0 Å². The van der Waals surface area contributed by atoms with Crippen molar-refractivity contribution in [3.05, 3.63) is 54.1 Å². The van der Waals surface area contributed by atoms with Crippen molar-refractivity contribution < 1.29 is 21.9 Å². The summed E-state index contributed by atoms with van der Waals surface area (Å²) in [6, 6.07) is 10.0. The van der Waals surface area contributed by atoms with Crippen LogP contribution in [-0.4, -0.2) is 45.5 Å². The Morgan fingerprint density at radius 1 is 1.04 bits per heavy atom. The first kappa shape index (κ1) is 18.6. The number of nitrogens with zero attached hydrogens (tertiary/aromatic N) is 2. The Kier molecular flexibility index (Phi) is 5.43. The lowest BCUT2D eigenvalue weighted by Gasteiger charge is -2.36. The van der Waals surface area contributed by atoms with Crippen molar-refractivity contribution >= 4 is 15.7 Å². The van der Waals surface area contributed by atoms with E-state index in [0.29, 0.717) is 19.7 Å². The third-order valence-electron chi connectivity index (χ3n) is 4.26. The van der Waals surface area contributed by atoms with Gasteiger partial charge in [0.25, 0.3) is 0 Å². The maximum atomic E-state index is 13.9. The van der Waals surface area contributed by atoms with Crippen LogP contribution >= 0.6 is 0 Å². The van der Waals surface area contributed by atoms with Gasteiger partial charge in [-0.25, -0.2) is 17.2 Å². The van der Waals surface area contributed by atoms with Gasteiger partial charge in [0.1, 0.15) is 22.3 Å². The number of ether oxygens (including phenoxy) is 1. The van der Waals surface area contributed by atoms with E-state index in [1.54, 1.807) is 0 Å². The van der Waals surface area contributed by atoms with Crippen LogP contribution in [0.25, 0.3) is 0 Å². The molecule has 5 nitrogen and oxygen atoms in total. The molecule has 0 bridgehead atoms. The molecule has 2 aromatic carbocycles. The molecule has 0 saturated carbocycles. The predicted octanol–water partition coefficient (Wildman–Crippen LogP) is 2.87. The van der Waals surface area contributed by atoms with Crippen molar-refractivity contribution in [2.24, 2.45) is 0 Å². The van der Waals surface area contributed by atoms with Gasteiger partial charge >= 0.3 is 0 Å². The molecule has 1 heterocycles. The Morgan fingerprint density at radius 3 is 2.42 bits per heavy atom. The minimum atomic E-state index is -4.08. The summed E-state index contributed by atoms with van der Waals surface area (Å²) in [5.74, 6) is -0.993. The molecule has 0 atom stereocenters. The van der Waals surface area contributed by atoms with Gasteiger partial charge in [0, 0.05) is 26.2 Å². The highest BCUT2D eigenvalue weighted by Crippen LogP contribution is 2.30. The molecule has 0 aromatic heterocycles. The molecule has 1 aliphatic rings. The van der Waals surface area contributed by atoms with E-state index in [1.165, 1.54) is 4.31 Å². The second-order valence-corrected chi connectivity index (χ2v) is 7.77. The molecular weight excluding hydrogens is 362 g/mol. The first-order valence-electron chi connectivity index (χ1n) is 8.35. The van der Waals surface area contributed by atoms with Crippen molar-refractivity contribution in [1.29, 1.82) is 0 Å². The second-order valence-electron chi connectivity index (χ2n) is 5.87. The number of hydrogen-bond donors (Lipinski definition) is 0. The summed E-state index contributed by atoms with van der Waals surface area (Å²) in [7, 11) is -4.08. The fourth-order valence-corrected chi connectivity index (χ4v) is 4.48. The molecule has 2 aromatic rings. The summed E-state index contributed by atoms with van der Waals surface area (Å²) in [5, 5.41) is 0. The third kappa shape index (κ3) is 3.66. The van der Waals surface area contributed by atoms with E-state index in [0.717, 1.165) is 29.6 Å². The zero-order valence-corrected chi connectivity index (χ0v) is 15.2. The number of benzene rings is 2. The normalized spacial score (nSPS) is 15.9. The van der Waals surface area contributed by atoms with Crippen LogP contribution in [0.15, 0.2) is 47.4 Å². The van der Waals surface area contributed by atoms with Gasteiger partial charge in [0.2, 0.25) is 10.0 Å². The zero-order valence-electron chi connectivity index (χ0n) is 14.4. The minimum Gasteiger partial charge on any atom is -0.492 e. The molecule has 0 amide bonds. The van der Waals surface area contributed by atoms with Crippen LogP contribution in [0.5, 0.6) is 5.75 Å². The Hall–Kier alpha value is -2.19. The topological polar surface area (TPSA) is 49.9 Å². The summed E-state index contributed by atoms with van der Waals surface area (Å²) < 4.78 is 59.4. The Morgan fingerprint density at radius 2 is 1.73 bits per heavy atom. The fraction of sp³-hybridized carbons (Fsp3) is 0.333. The van der Waals surface area contributed by atoms with Crippen LogP contribution in [0, 0.1) is 11.6 Å². The molecule has 3 rings (SSSR count). The number of hydrogen-bond acceptors (Lipinski definition) is 4. The van der Waals surface area contributed by atoms with Crippen LogP contribution in [0.2, 0.25) is 0 Å². The number of rotatable bonds is 5. The van der Waals surface area contributed by atoms with Gasteiger partial charge < -0.3 is 9.64 Å². The van der Waals surface area contributed by atoms with E-state index in [4.69, 9.17) is 4.74 Å². The highest BCUT2D eigenvalue weighted by molar-refractivity contribution is 7.89. The van der Waals surface area contributed by atoms with E-state index >= 15 is 0 Å². The number of piperazine rings is 1. The van der Waals surface area contributed by atoms with Crippen LogP contribution < -0.4 is 9.64 Å². The number of sulfonamides is 1. The highest BCUT2D eigenvalue weighted by Gasteiger charge is 2.31. The molecule has 1 aliphatic heterocycles. The second kappa shape index (κ2) is 7.59. The van der Waals surface area contributed by atoms with Crippen molar-refractivity contribution in [2.75, 3.05) is 37.7 Å². The summed E-state index contributed by atoms with van der Waals surface area (Å²) in [5.41, 5.74) is 0.892. The highest BCUT2D eigenvalue weighted by atomic mass is 32.2. The Bertz CT molecular complexity index is 882. The molecule has 0 radical (unpaired) electrons. The number of para-hydroxylation sites is 2. The standard InChI is InChI=1S/C18H20F2N2O3S/c1-2-25-17-6-4-3-5-16(17)21-9-11-22(12-10-21)26(23,24)18-13-14(19)7-8-15(18)20/h3-8,13H,2,9-12H2,1H3. The molecule has 0 spiro atoms. The van der Waals surface area contributed by atoms with Gasteiger partial charge in [-0.15, -0.1) is 0 Å². The average Bonchev–Trinajstić information content (AvgIpc) is 2.64. The molecule has 26 heavy (non-hydrogen) atoms. The van der Waals surface area contributed by atoms with E-state index in [-0.39, 0.29) is 13.1 Å². The largest absolute Gasteiger partial charge is 0.492 e. The SMILES string of the molecule is CCOc1ccccc1N1CCN(S(=O)(=O)c2cc(F)ccc2F)CC1. The Labute approximate surface area is 151 Å². The maximum absolute atomic E-state index is 13.9. The third-order valence-corrected chi connectivity index (χ3v) is 6.17. The first-order valence-corrected chi connectivity index (χ1v) is 9.79. The first-order chi connectivity index (χ1) is 12.4. The number of halogens is 2. The van der Waals surface area contributed by atoms with Gasteiger partial charge in [-0.1, -0.05) is 12.1 Å². The van der Waals surface area contributed by atoms with Gasteiger partial charge in [-0.3, -0.25) is 0 Å². The van der Waals surface area contributed by atoms with Crippen molar-refractivity contribution in [3.63, 3.8) is 0 Å². The molecule has 1 fully saturated rings. The molecular formula is C18H20F2N2O3S. The molecule has 8 heteroatoms.